The van der Waals surface area contributed by atoms with E-state index >= 15 is 0 Å². The summed E-state index contributed by atoms with van der Waals surface area (Å²) in [6.07, 6.45) is 1.26. The van der Waals surface area contributed by atoms with Crippen LogP contribution < -0.4 is 15.0 Å². The van der Waals surface area contributed by atoms with Gasteiger partial charge in [-0.2, -0.15) is 0 Å². The highest BCUT2D eigenvalue weighted by molar-refractivity contribution is 5.98. The molecule has 0 bridgehead atoms. The van der Waals surface area contributed by atoms with Gasteiger partial charge in [0.25, 0.3) is 5.91 Å². The summed E-state index contributed by atoms with van der Waals surface area (Å²) in [4.78, 5) is 26.6. The van der Waals surface area contributed by atoms with Crippen molar-refractivity contribution in [1.29, 1.82) is 0 Å². The molecule has 2 aromatic carbocycles. The molecule has 27 heavy (non-hydrogen) atoms. The number of nitrogens with one attached hydrogen (secondary N) is 1. The number of carbonyl (C=O) groups excluding carboxylic acids is 2. The minimum absolute atomic E-state index is 0.117. The first kappa shape index (κ1) is 19.0. The van der Waals surface area contributed by atoms with E-state index in [1.165, 1.54) is 0 Å². The van der Waals surface area contributed by atoms with Crippen LogP contribution in [0.2, 0.25) is 0 Å². The number of ether oxygens (including phenoxy) is 1. The van der Waals surface area contributed by atoms with Crippen molar-refractivity contribution in [2.24, 2.45) is 0 Å². The zero-order valence-corrected chi connectivity index (χ0v) is 16.3. The van der Waals surface area contributed by atoms with Crippen LogP contribution in [0.4, 0.5) is 5.69 Å². The molecule has 1 aliphatic rings. The van der Waals surface area contributed by atoms with Gasteiger partial charge in [-0.15, -0.1) is 0 Å². The Labute approximate surface area is 160 Å². The van der Waals surface area contributed by atoms with E-state index in [1.54, 1.807) is 18.1 Å². The maximum atomic E-state index is 12.8. The van der Waals surface area contributed by atoms with Crippen molar-refractivity contribution in [3.8, 4) is 5.75 Å². The second kappa shape index (κ2) is 7.82. The number of methoxy groups -OCH3 is 1. The van der Waals surface area contributed by atoms with Gasteiger partial charge >= 0.3 is 0 Å². The van der Waals surface area contributed by atoms with Gasteiger partial charge in [-0.05, 0) is 50.1 Å². The Bertz CT molecular complexity index is 876. The molecule has 1 heterocycles. The Morgan fingerprint density at radius 1 is 1.22 bits per heavy atom. The SMILES string of the molecule is CCC(=O)N1CCc2cc(C(=O)NC(C)c3cc(C)ccc3OC)ccc21. The van der Waals surface area contributed by atoms with Crippen molar-refractivity contribution in [2.45, 2.75) is 39.7 Å². The van der Waals surface area contributed by atoms with E-state index in [9.17, 15) is 9.59 Å². The molecule has 3 rings (SSSR count). The molecule has 1 unspecified atom stereocenters. The highest BCUT2D eigenvalue weighted by Crippen LogP contribution is 2.30. The van der Waals surface area contributed by atoms with E-state index in [0.29, 0.717) is 18.5 Å². The van der Waals surface area contributed by atoms with Crippen LogP contribution in [-0.4, -0.2) is 25.5 Å². The van der Waals surface area contributed by atoms with Gasteiger partial charge in [0, 0.05) is 29.8 Å². The van der Waals surface area contributed by atoms with E-state index in [-0.39, 0.29) is 17.9 Å². The number of carbonyl (C=O) groups is 2. The Morgan fingerprint density at radius 2 is 2.00 bits per heavy atom. The Morgan fingerprint density at radius 3 is 2.70 bits per heavy atom. The molecular weight excluding hydrogens is 340 g/mol. The summed E-state index contributed by atoms with van der Waals surface area (Å²) >= 11 is 0. The van der Waals surface area contributed by atoms with Crippen molar-refractivity contribution in [2.75, 3.05) is 18.6 Å². The van der Waals surface area contributed by atoms with Gasteiger partial charge in [-0.1, -0.05) is 24.6 Å². The Balaban J connectivity index is 1.78. The summed E-state index contributed by atoms with van der Waals surface area (Å²) in [6, 6.07) is 11.3. The summed E-state index contributed by atoms with van der Waals surface area (Å²) in [7, 11) is 1.63. The molecular formula is C22H26N2O3. The highest BCUT2D eigenvalue weighted by Gasteiger charge is 2.25. The first-order valence-corrected chi connectivity index (χ1v) is 9.33. The number of amides is 2. The monoisotopic (exact) mass is 366 g/mol. The van der Waals surface area contributed by atoms with Crippen molar-refractivity contribution in [3.63, 3.8) is 0 Å². The van der Waals surface area contributed by atoms with Crippen molar-refractivity contribution in [3.05, 3.63) is 58.7 Å². The van der Waals surface area contributed by atoms with E-state index in [0.717, 1.165) is 34.5 Å². The summed E-state index contributed by atoms with van der Waals surface area (Å²) in [6.45, 7) is 6.51. The second-order valence-electron chi connectivity index (χ2n) is 6.93. The maximum absolute atomic E-state index is 12.8. The topological polar surface area (TPSA) is 58.6 Å². The molecule has 0 aliphatic carbocycles. The minimum atomic E-state index is -0.182. The van der Waals surface area contributed by atoms with E-state index in [4.69, 9.17) is 4.74 Å². The van der Waals surface area contributed by atoms with Crippen molar-refractivity contribution < 1.29 is 14.3 Å². The standard InChI is InChI=1S/C22H26N2O3/c1-5-21(25)24-11-10-16-13-17(7-8-19(16)24)22(26)23-15(3)18-12-14(2)6-9-20(18)27-4/h6-9,12-13,15H,5,10-11H2,1-4H3,(H,23,26). The average molecular weight is 366 g/mol. The molecule has 142 valence electrons. The van der Waals surface area contributed by atoms with Gasteiger partial charge in [0.2, 0.25) is 5.91 Å². The molecule has 1 aliphatic heterocycles. The van der Waals surface area contributed by atoms with Crippen LogP contribution in [0, 0.1) is 6.92 Å². The lowest BCUT2D eigenvalue weighted by atomic mass is 10.0. The number of aryl methyl sites for hydroxylation is 1. The van der Waals surface area contributed by atoms with Crippen LogP contribution >= 0.6 is 0 Å². The zero-order chi connectivity index (χ0) is 19.6. The van der Waals surface area contributed by atoms with Crippen LogP contribution in [0.15, 0.2) is 36.4 Å². The first-order valence-electron chi connectivity index (χ1n) is 9.33. The molecule has 5 nitrogen and oxygen atoms in total. The summed E-state index contributed by atoms with van der Waals surface area (Å²) in [5, 5.41) is 3.05. The number of hydrogen-bond donors (Lipinski definition) is 1. The van der Waals surface area contributed by atoms with Crippen LogP contribution in [-0.2, 0) is 11.2 Å². The van der Waals surface area contributed by atoms with Gasteiger partial charge < -0.3 is 15.0 Å². The molecule has 1 atom stereocenters. The van der Waals surface area contributed by atoms with Crippen molar-refractivity contribution in [1.82, 2.24) is 5.32 Å². The number of nitrogens with zero attached hydrogens (tertiary/aromatic N) is 1. The Hall–Kier alpha value is -2.82. The molecule has 0 saturated heterocycles. The third-order valence-electron chi connectivity index (χ3n) is 5.04. The molecule has 0 radical (unpaired) electrons. The van der Waals surface area contributed by atoms with Crippen LogP contribution in [0.3, 0.4) is 0 Å². The molecule has 2 aromatic rings. The molecule has 1 N–H and O–H groups in total. The lowest BCUT2D eigenvalue weighted by Gasteiger charge is -2.19. The summed E-state index contributed by atoms with van der Waals surface area (Å²) < 4.78 is 5.43. The number of fused-ring (bicyclic) bond motifs is 1. The van der Waals surface area contributed by atoms with Gasteiger partial charge in [0.1, 0.15) is 5.75 Å². The number of benzene rings is 2. The predicted molar refractivity (Wildman–Crippen MR) is 106 cm³/mol. The lowest BCUT2D eigenvalue weighted by molar-refractivity contribution is -0.118. The molecule has 2 amide bonds. The van der Waals surface area contributed by atoms with Gasteiger partial charge in [-0.3, -0.25) is 9.59 Å². The molecule has 5 heteroatoms. The molecule has 0 spiro atoms. The second-order valence-corrected chi connectivity index (χ2v) is 6.93. The fourth-order valence-electron chi connectivity index (χ4n) is 3.54. The normalized spacial score (nSPS) is 13.9. The highest BCUT2D eigenvalue weighted by atomic mass is 16.5. The number of hydrogen-bond acceptors (Lipinski definition) is 3. The zero-order valence-electron chi connectivity index (χ0n) is 16.3. The first-order chi connectivity index (χ1) is 12.9. The number of rotatable bonds is 5. The van der Waals surface area contributed by atoms with Crippen LogP contribution in [0.25, 0.3) is 0 Å². The lowest BCUT2D eigenvalue weighted by Crippen LogP contribution is -2.28. The fraction of sp³-hybridized carbons (Fsp3) is 0.364. The van der Waals surface area contributed by atoms with Gasteiger partial charge in [0.05, 0.1) is 13.2 Å². The molecule has 0 aromatic heterocycles. The van der Waals surface area contributed by atoms with Gasteiger partial charge in [0.15, 0.2) is 0 Å². The minimum Gasteiger partial charge on any atom is -0.496 e. The third-order valence-corrected chi connectivity index (χ3v) is 5.04. The summed E-state index contributed by atoms with van der Waals surface area (Å²) in [5.41, 5.74) is 4.65. The predicted octanol–water partition coefficient (Wildman–Crippen LogP) is 3.79. The van der Waals surface area contributed by atoms with Crippen LogP contribution in [0.1, 0.15) is 53.4 Å². The smallest absolute Gasteiger partial charge is 0.251 e. The maximum Gasteiger partial charge on any atom is 0.251 e. The van der Waals surface area contributed by atoms with E-state index < -0.39 is 0 Å². The fourth-order valence-corrected chi connectivity index (χ4v) is 3.54. The largest absolute Gasteiger partial charge is 0.496 e. The Kier molecular flexibility index (Phi) is 5.49. The average Bonchev–Trinajstić information content (AvgIpc) is 3.10. The molecule has 0 fully saturated rings. The van der Waals surface area contributed by atoms with E-state index in [1.807, 2.05) is 51.1 Å². The van der Waals surface area contributed by atoms with Crippen molar-refractivity contribution >= 4 is 17.5 Å². The van der Waals surface area contributed by atoms with E-state index in [2.05, 4.69) is 5.32 Å². The summed E-state index contributed by atoms with van der Waals surface area (Å²) in [5.74, 6) is 0.747. The number of anilines is 1. The molecule has 0 saturated carbocycles. The quantitative estimate of drug-likeness (QED) is 0.876. The third kappa shape index (κ3) is 3.82. The van der Waals surface area contributed by atoms with Gasteiger partial charge in [-0.25, -0.2) is 0 Å². The van der Waals surface area contributed by atoms with Crippen LogP contribution in [0.5, 0.6) is 5.75 Å².